The largest absolute Gasteiger partial charge is 0.382 e. The molecule has 4 N–H and O–H groups in total. The van der Waals surface area contributed by atoms with Crippen molar-refractivity contribution in [3.05, 3.63) is 77.8 Å². The van der Waals surface area contributed by atoms with Crippen molar-refractivity contribution in [1.82, 2.24) is 14.9 Å². The molecule has 2 aromatic carbocycles. The normalized spacial score (nSPS) is 19.3. The highest BCUT2D eigenvalue weighted by Gasteiger charge is 2.44. The molecule has 3 aliphatic rings. The number of hydrogen-bond donors (Lipinski definition) is 3. The van der Waals surface area contributed by atoms with E-state index >= 15 is 0 Å². The Labute approximate surface area is 274 Å². The van der Waals surface area contributed by atoms with Crippen LogP contribution >= 0.6 is 0 Å². The molecule has 11 nitrogen and oxygen atoms in total. The second kappa shape index (κ2) is 13.1. The monoisotopic (exact) mass is 639 g/mol. The number of nitrogens with two attached hydrogens (primary N) is 1. The van der Waals surface area contributed by atoms with Crippen molar-refractivity contribution in [2.24, 2.45) is 10.7 Å². The Kier molecular flexibility index (Phi) is 8.96. The number of aryl methyl sites for hydroxylation is 1. The topological polar surface area (TPSA) is 132 Å². The van der Waals surface area contributed by atoms with Crippen LogP contribution in [-0.4, -0.2) is 78.0 Å². The minimum atomic E-state index is -0.930. The Morgan fingerprint density at radius 2 is 1.96 bits per heavy atom. The zero-order valence-corrected chi connectivity index (χ0v) is 27.2. The number of amidine groups is 1. The van der Waals surface area contributed by atoms with Gasteiger partial charge in [-0.25, -0.2) is 19.4 Å². The van der Waals surface area contributed by atoms with E-state index in [0.717, 1.165) is 36.4 Å². The molecule has 2 amide bonds. The molecule has 47 heavy (non-hydrogen) atoms. The van der Waals surface area contributed by atoms with Gasteiger partial charge in [-0.05, 0) is 101 Å². The number of nitrogens with one attached hydrogen (secondary N) is 2. The average Bonchev–Trinajstić information content (AvgIpc) is 3.78. The molecule has 1 aromatic heterocycles. The Morgan fingerprint density at radius 1 is 1.17 bits per heavy atom. The molecule has 0 aliphatic carbocycles. The average molecular weight is 640 g/mol. The standard InChI is InChI=1S/C35H42FN9O2/c1-5-38-28-20-39-34(44-15-12-24(36)21-44)42-30(28)31(37)41-27-18-23(9-8-22(27)2)32(46)40-25-10-11-29-26(19-25)35(3,4)33(47)45(29)17-16-43-13-6-7-14-43/h5,8-11,18-20,24,38H,1,6-7,12-17,21H2,2-4H3,(H2,37,41)(H,40,46)/t24-/m1/s1. The number of carbonyl (C=O) groups is 2. The van der Waals surface area contributed by atoms with E-state index in [4.69, 9.17) is 5.73 Å². The van der Waals surface area contributed by atoms with Gasteiger partial charge in [0.25, 0.3) is 5.91 Å². The SMILES string of the molecule is C=CNc1cnc(N2CC[C@@H](F)C2)nc1C(N)=Nc1cc(C(=O)Nc2ccc3c(c2)C(C)(C)C(=O)N3CCN2CCCC2)ccc1C. The van der Waals surface area contributed by atoms with Crippen LogP contribution in [0.3, 0.4) is 0 Å². The molecule has 2 saturated heterocycles. The zero-order chi connectivity index (χ0) is 33.3. The maximum absolute atomic E-state index is 13.9. The first-order valence-corrected chi connectivity index (χ1v) is 16.1. The quantitative estimate of drug-likeness (QED) is 0.211. The molecule has 2 fully saturated rings. The summed E-state index contributed by atoms with van der Waals surface area (Å²) < 4.78 is 13.9. The summed E-state index contributed by atoms with van der Waals surface area (Å²) in [7, 11) is 0. The van der Waals surface area contributed by atoms with Gasteiger partial charge < -0.3 is 31.1 Å². The van der Waals surface area contributed by atoms with Crippen LogP contribution in [0, 0.1) is 6.92 Å². The zero-order valence-electron chi connectivity index (χ0n) is 27.2. The minimum Gasteiger partial charge on any atom is -0.382 e. The van der Waals surface area contributed by atoms with Crippen molar-refractivity contribution in [3.8, 4) is 0 Å². The highest BCUT2D eigenvalue weighted by molar-refractivity contribution is 6.09. The van der Waals surface area contributed by atoms with E-state index < -0.39 is 11.6 Å². The number of halogens is 1. The van der Waals surface area contributed by atoms with Gasteiger partial charge in [-0.15, -0.1) is 0 Å². The maximum Gasteiger partial charge on any atom is 0.255 e. The number of fused-ring (bicyclic) bond motifs is 1. The number of alkyl halides is 1. The van der Waals surface area contributed by atoms with Crippen LogP contribution in [0.4, 0.5) is 33.1 Å². The molecule has 0 unspecified atom stereocenters. The van der Waals surface area contributed by atoms with Crippen LogP contribution in [0.1, 0.15) is 60.3 Å². The summed E-state index contributed by atoms with van der Waals surface area (Å²) >= 11 is 0. The second-order valence-corrected chi connectivity index (χ2v) is 12.9. The van der Waals surface area contributed by atoms with Gasteiger partial charge in [-0.2, -0.15) is 0 Å². The second-order valence-electron chi connectivity index (χ2n) is 12.9. The van der Waals surface area contributed by atoms with Crippen molar-refractivity contribution < 1.29 is 14.0 Å². The van der Waals surface area contributed by atoms with Crippen molar-refractivity contribution in [2.75, 3.05) is 59.7 Å². The lowest BCUT2D eigenvalue weighted by atomic mass is 9.86. The lowest BCUT2D eigenvalue weighted by Gasteiger charge is -2.23. The molecule has 0 bridgehead atoms. The molecule has 3 aliphatic heterocycles. The highest BCUT2D eigenvalue weighted by atomic mass is 19.1. The lowest BCUT2D eigenvalue weighted by molar-refractivity contribution is -0.122. The summed E-state index contributed by atoms with van der Waals surface area (Å²) in [6, 6.07) is 10.9. The third-order valence-corrected chi connectivity index (χ3v) is 9.24. The van der Waals surface area contributed by atoms with Crippen LogP contribution in [0.2, 0.25) is 0 Å². The van der Waals surface area contributed by atoms with Crippen LogP contribution in [0.15, 0.2) is 60.4 Å². The summed E-state index contributed by atoms with van der Waals surface area (Å²) in [4.78, 5) is 46.6. The van der Waals surface area contributed by atoms with Crippen LogP contribution in [0.25, 0.3) is 0 Å². The molecule has 3 aromatic rings. The minimum absolute atomic E-state index is 0.0723. The number of benzene rings is 2. The fourth-order valence-corrected chi connectivity index (χ4v) is 6.47. The van der Waals surface area contributed by atoms with Crippen molar-refractivity contribution in [3.63, 3.8) is 0 Å². The molecule has 0 saturated carbocycles. The van der Waals surface area contributed by atoms with Gasteiger partial charge in [0, 0.05) is 36.6 Å². The summed E-state index contributed by atoms with van der Waals surface area (Å²) in [5.74, 6) is 0.227. The number of rotatable bonds is 10. The van der Waals surface area contributed by atoms with Crippen LogP contribution in [0.5, 0.6) is 0 Å². The van der Waals surface area contributed by atoms with Crippen molar-refractivity contribution >= 4 is 46.3 Å². The van der Waals surface area contributed by atoms with E-state index in [1.165, 1.54) is 19.0 Å². The number of amides is 2. The van der Waals surface area contributed by atoms with Crippen LogP contribution < -0.4 is 26.2 Å². The first-order valence-electron chi connectivity index (χ1n) is 16.1. The van der Waals surface area contributed by atoms with Crippen molar-refractivity contribution in [2.45, 2.75) is 51.6 Å². The third-order valence-electron chi connectivity index (χ3n) is 9.24. The molecule has 0 spiro atoms. The summed E-state index contributed by atoms with van der Waals surface area (Å²) in [5.41, 5.74) is 10.7. The molecule has 4 heterocycles. The molecule has 246 valence electrons. The predicted octanol–water partition coefficient (Wildman–Crippen LogP) is 4.90. The van der Waals surface area contributed by atoms with Gasteiger partial charge in [-0.3, -0.25) is 9.59 Å². The number of aliphatic imine (C=N–C) groups is 1. The smallest absolute Gasteiger partial charge is 0.255 e. The first kappa shape index (κ1) is 32.1. The summed E-state index contributed by atoms with van der Waals surface area (Å²) in [6.07, 6.45) is 4.96. The number of hydrogen-bond acceptors (Lipinski definition) is 8. The van der Waals surface area contributed by atoms with Gasteiger partial charge in [0.1, 0.15) is 11.9 Å². The van der Waals surface area contributed by atoms with Gasteiger partial charge in [0.2, 0.25) is 11.9 Å². The van der Waals surface area contributed by atoms with E-state index in [2.05, 4.69) is 37.1 Å². The molecular formula is C35H42FN9O2. The number of aromatic nitrogens is 2. The van der Waals surface area contributed by atoms with E-state index in [-0.39, 0.29) is 24.2 Å². The Bertz CT molecular complexity index is 1730. The van der Waals surface area contributed by atoms with E-state index in [1.54, 1.807) is 23.2 Å². The summed E-state index contributed by atoms with van der Waals surface area (Å²) in [5, 5.41) is 5.98. The fraction of sp³-hybridized carbons (Fsp3) is 0.400. The number of likely N-dealkylation sites (tertiary alicyclic amines) is 1. The number of nitrogens with zero attached hydrogens (tertiary/aromatic N) is 6. The van der Waals surface area contributed by atoms with Gasteiger partial charge in [-0.1, -0.05) is 12.6 Å². The molecular weight excluding hydrogens is 597 g/mol. The Hall–Kier alpha value is -4.84. The van der Waals surface area contributed by atoms with Crippen molar-refractivity contribution in [1.29, 1.82) is 0 Å². The first-order chi connectivity index (χ1) is 22.5. The van der Waals surface area contributed by atoms with Gasteiger partial charge in [0.05, 0.1) is 29.5 Å². The highest BCUT2D eigenvalue weighted by Crippen LogP contribution is 2.43. The van der Waals surface area contributed by atoms with Gasteiger partial charge in [0.15, 0.2) is 5.84 Å². The Morgan fingerprint density at radius 3 is 2.68 bits per heavy atom. The molecule has 12 heteroatoms. The van der Waals surface area contributed by atoms with Crippen LogP contribution in [-0.2, 0) is 10.2 Å². The lowest BCUT2D eigenvalue weighted by Crippen LogP contribution is -2.40. The van der Waals surface area contributed by atoms with E-state index in [9.17, 15) is 14.0 Å². The van der Waals surface area contributed by atoms with Gasteiger partial charge >= 0.3 is 0 Å². The predicted molar refractivity (Wildman–Crippen MR) is 185 cm³/mol. The van der Waals surface area contributed by atoms with E-state index in [0.29, 0.717) is 53.8 Å². The van der Waals surface area contributed by atoms with E-state index in [1.807, 2.05) is 49.9 Å². The summed E-state index contributed by atoms with van der Waals surface area (Å²) in [6.45, 7) is 13.9. The fourth-order valence-electron chi connectivity index (χ4n) is 6.47. The molecule has 6 rings (SSSR count). The third kappa shape index (κ3) is 6.55. The Balaban J connectivity index is 1.22. The molecule has 1 atom stereocenters. The number of anilines is 4. The molecule has 0 radical (unpaired) electrons. The maximum atomic E-state index is 13.9. The number of carbonyl (C=O) groups excluding carboxylic acids is 2.